The van der Waals surface area contributed by atoms with Crippen LogP contribution in [0.3, 0.4) is 0 Å². The Kier molecular flexibility index (Phi) is 5.14. The Morgan fingerprint density at radius 2 is 2.14 bits per heavy atom. The van der Waals surface area contributed by atoms with Crippen molar-refractivity contribution in [1.82, 2.24) is 4.98 Å². The number of hydrogen-bond donors (Lipinski definition) is 2. The number of carbonyl (C=O) groups is 1. The number of carbonyl (C=O) groups excluding carboxylic acids is 1. The highest BCUT2D eigenvalue weighted by molar-refractivity contribution is 6.04. The van der Waals surface area contributed by atoms with Crippen LogP contribution >= 0.6 is 0 Å². The number of rotatable bonds is 6. The Balaban J connectivity index is 2.23. The van der Waals surface area contributed by atoms with Gasteiger partial charge in [-0.3, -0.25) is 9.78 Å². The molecule has 4 heteroatoms. The maximum absolute atomic E-state index is 12.4. The van der Waals surface area contributed by atoms with Crippen LogP contribution in [-0.2, 0) is 4.79 Å². The minimum absolute atomic E-state index is 0.0641. The third kappa shape index (κ3) is 3.51. The molecule has 1 aromatic heterocycles. The molecule has 0 aliphatic heterocycles. The Morgan fingerprint density at radius 1 is 1.33 bits per heavy atom. The minimum atomic E-state index is 0.0641. The molecule has 4 nitrogen and oxygen atoms in total. The van der Waals surface area contributed by atoms with Crippen LogP contribution in [0.5, 0.6) is 0 Å². The van der Waals surface area contributed by atoms with Crippen molar-refractivity contribution >= 4 is 28.2 Å². The van der Waals surface area contributed by atoms with E-state index in [2.05, 4.69) is 24.1 Å². The number of nitrogens with one attached hydrogen (secondary N) is 1. The number of hydrogen-bond acceptors (Lipinski definition) is 3. The van der Waals surface area contributed by atoms with Gasteiger partial charge in [0.1, 0.15) is 0 Å². The van der Waals surface area contributed by atoms with Gasteiger partial charge in [-0.05, 0) is 37.1 Å². The minimum Gasteiger partial charge on any atom is -0.397 e. The first kappa shape index (κ1) is 15.3. The molecular formula is C17H23N3O. The molecule has 0 fully saturated rings. The summed E-state index contributed by atoms with van der Waals surface area (Å²) in [6, 6.07) is 7.43. The zero-order chi connectivity index (χ0) is 15.2. The number of nitrogens with zero attached hydrogens (tertiary/aromatic N) is 1. The molecule has 2 aromatic rings. The molecule has 0 bridgehead atoms. The molecular weight excluding hydrogens is 262 g/mol. The SMILES string of the molecule is CCCCC(CC)C(=O)Nc1ccc(N)c2ncccc12. The number of benzene rings is 1. The van der Waals surface area contributed by atoms with Gasteiger partial charge in [-0.25, -0.2) is 0 Å². The van der Waals surface area contributed by atoms with Crippen LogP contribution in [0.4, 0.5) is 11.4 Å². The number of nitrogens with two attached hydrogens (primary N) is 1. The lowest BCUT2D eigenvalue weighted by atomic mass is 9.98. The normalized spacial score (nSPS) is 12.3. The van der Waals surface area contributed by atoms with Gasteiger partial charge in [0.2, 0.25) is 5.91 Å². The van der Waals surface area contributed by atoms with E-state index in [-0.39, 0.29) is 11.8 Å². The second-order valence-electron chi connectivity index (χ2n) is 5.34. The van der Waals surface area contributed by atoms with Gasteiger partial charge in [0.05, 0.1) is 16.9 Å². The van der Waals surface area contributed by atoms with E-state index < -0.39 is 0 Å². The van der Waals surface area contributed by atoms with E-state index in [0.29, 0.717) is 5.69 Å². The standard InChI is InChI=1S/C17H23N3O/c1-3-5-7-12(4-2)17(21)20-15-10-9-14(18)16-13(15)8-6-11-19-16/h6,8-12H,3-5,7,18H2,1-2H3,(H,20,21). The summed E-state index contributed by atoms with van der Waals surface area (Å²) in [7, 11) is 0. The third-order valence-electron chi connectivity index (χ3n) is 3.83. The van der Waals surface area contributed by atoms with Gasteiger partial charge in [0.15, 0.2) is 0 Å². The number of unbranched alkanes of at least 4 members (excludes halogenated alkanes) is 1. The van der Waals surface area contributed by atoms with E-state index in [1.54, 1.807) is 12.3 Å². The van der Waals surface area contributed by atoms with Crippen molar-refractivity contribution in [3.05, 3.63) is 30.5 Å². The summed E-state index contributed by atoms with van der Waals surface area (Å²) < 4.78 is 0. The van der Waals surface area contributed by atoms with Crippen LogP contribution in [0.15, 0.2) is 30.5 Å². The molecule has 112 valence electrons. The summed E-state index contributed by atoms with van der Waals surface area (Å²) in [6.45, 7) is 4.20. The van der Waals surface area contributed by atoms with E-state index in [1.165, 1.54) is 0 Å². The zero-order valence-corrected chi connectivity index (χ0v) is 12.7. The molecule has 1 amide bonds. The smallest absolute Gasteiger partial charge is 0.227 e. The van der Waals surface area contributed by atoms with E-state index in [9.17, 15) is 4.79 Å². The average Bonchev–Trinajstić information content (AvgIpc) is 2.51. The molecule has 0 saturated carbocycles. The van der Waals surface area contributed by atoms with Crippen LogP contribution in [0, 0.1) is 5.92 Å². The largest absolute Gasteiger partial charge is 0.397 e. The molecule has 1 heterocycles. The molecule has 0 aliphatic carbocycles. The van der Waals surface area contributed by atoms with Crippen molar-refractivity contribution in [2.75, 3.05) is 11.1 Å². The second kappa shape index (κ2) is 7.07. The first-order chi connectivity index (χ1) is 10.2. The molecule has 0 radical (unpaired) electrons. The molecule has 3 N–H and O–H groups in total. The number of fused-ring (bicyclic) bond motifs is 1. The van der Waals surface area contributed by atoms with Crippen LogP contribution in [0.2, 0.25) is 0 Å². The van der Waals surface area contributed by atoms with Crippen molar-refractivity contribution in [2.45, 2.75) is 39.5 Å². The summed E-state index contributed by atoms with van der Waals surface area (Å²) in [6.07, 6.45) is 5.69. The topological polar surface area (TPSA) is 68.0 Å². The summed E-state index contributed by atoms with van der Waals surface area (Å²) >= 11 is 0. The molecule has 1 atom stereocenters. The summed E-state index contributed by atoms with van der Waals surface area (Å²) in [5.74, 6) is 0.148. The fourth-order valence-electron chi connectivity index (χ4n) is 2.51. The fraction of sp³-hybridized carbons (Fsp3) is 0.412. The van der Waals surface area contributed by atoms with Gasteiger partial charge in [-0.1, -0.05) is 26.7 Å². The van der Waals surface area contributed by atoms with E-state index in [4.69, 9.17) is 5.73 Å². The molecule has 2 rings (SSSR count). The number of anilines is 2. The van der Waals surface area contributed by atoms with E-state index in [1.807, 2.05) is 18.2 Å². The quantitative estimate of drug-likeness (QED) is 0.789. The molecule has 0 spiro atoms. The lowest BCUT2D eigenvalue weighted by Gasteiger charge is -2.16. The lowest BCUT2D eigenvalue weighted by Crippen LogP contribution is -2.22. The predicted molar refractivity (Wildman–Crippen MR) is 88.1 cm³/mol. The lowest BCUT2D eigenvalue weighted by molar-refractivity contribution is -0.120. The van der Waals surface area contributed by atoms with Crippen LogP contribution in [0.25, 0.3) is 10.9 Å². The van der Waals surface area contributed by atoms with Crippen LogP contribution in [0.1, 0.15) is 39.5 Å². The van der Waals surface area contributed by atoms with Gasteiger partial charge < -0.3 is 11.1 Å². The number of nitrogen functional groups attached to an aromatic ring is 1. The highest BCUT2D eigenvalue weighted by atomic mass is 16.1. The number of amides is 1. The highest BCUT2D eigenvalue weighted by Crippen LogP contribution is 2.27. The molecule has 1 unspecified atom stereocenters. The monoisotopic (exact) mass is 285 g/mol. The van der Waals surface area contributed by atoms with Gasteiger partial charge in [0.25, 0.3) is 0 Å². The summed E-state index contributed by atoms with van der Waals surface area (Å²) in [5.41, 5.74) is 8.08. The predicted octanol–water partition coefficient (Wildman–Crippen LogP) is 3.97. The van der Waals surface area contributed by atoms with Gasteiger partial charge in [-0.15, -0.1) is 0 Å². The average molecular weight is 285 g/mol. The van der Waals surface area contributed by atoms with Crippen LogP contribution < -0.4 is 11.1 Å². The Labute approximate surface area is 125 Å². The van der Waals surface area contributed by atoms with Crippen molar-refractivity contribution in [1.29, 1.82) is 0 Å². The Bertz CT molecular complexity index is 624. The highest BCUT2D eigenvalue weighted by Gasteiger charge is 2.17. The Hall–Kier alpha value is -2.10. The first-order valence-electron chi connectivity index (χ1n) is 7.61. The maximum Gasteiger partial charge on any atom is 0.227 e. The number of aromatic nitrogens is 1. The van der Waals surface area contributed by atoms with Crippen molar-refractivity contribution in [3.8, 4) is 0 Å². The molecule has 0 aliphatic rings. The fourth-order valence-corrected chi connectivity index (χ4v) is 2.51. The third-order valence-corrected chi connectivity index (χ3v) is 3.83. The van der Waals surface area contributed by atoms with Gasteiger partial charge >= 0.3 is 0 Å². The van der Waals surface area contributed by atoms with Crippen LogP contribution in [-0.4, -0.2) is 10.9 Å². The van der Waals surface area contributed by atoms with Crippen molar-refractivity contribution in [3.63, 3.8) is 0 Å². The molecule has 0 saturated heterocycles. The number of pyridine rings is 1. The second-order valence-corrected chi connectivity index (χ2v) is 5.34. The van der Waals surface area contributed by atoms with Crippen molar-refractivity contribution in [2.24, 2.45) is 5.92 Å². The van der Waals surface area contributed by atoms with E-state index >= 15 is 0 Å². The molecule has 1 aromatic carbocycles. The summed E-state index contributed by atoms with van der Waals surface area (Å²) in [4.78, 5) is 16.7. The van der Waals surface area contributed by atoms with Gasteiger partial charge in [0, 0.05) is 17.5 Å². The van der Waals surface area contributed by atoms with Gasteiger partial charge in [-0.2, -0.15) is 0 Å². The van der Waals surface area contributed by atoms with Crippen molar-refractivity contribution < 1.29 is 4.79 Å². The first-order valence-corrected chi connectivity index (χ1v) is 7.61. The summed E-state index contributed by atoms with van der Waals surface area (Å²) in [5, 5.41) is 3.92. The zero-order valence-electron chi connectivity index (χ0n) is 12.7. The maximum atomic E-state index is 12.4. The Morgan fingerprint density at radius 3 is 2.86 bits per heavy atom. The van der Waals surface area contributed by atoms with E-state index in [0.717, 1.165) is 42.3 Å². The molecule has 21 heavy (non-hydrogen) atoms.